The largest absolute Gasteiger partial charge is 0.310 e. The molecule has 4 heteroatoms. The van der Waals surface area contributed by atoms with E-state index in [9.17, 15) is 4.39 Å². The van der Waals surface area contributed by atoms with E-state index in [-0.39, 0.29) is 5.82 Å². The summed E-state index contributed by atoms with van der Waals surface area (Å²) in [7, 11) is 0. The van der Waals surface area contributed by atoms with Crippen LogP contribution in [0.5, 0.6) is 0 Å². The van der Waals surface area contributed by atoms with Crippen molar-refractivity contribution < 1.29 is 4.39 Å². The van der Waals surface area contributed by atoms with Gasteiger partial charge < -0.3 is 5.32 Å². The maximum atomic E-state index is 13.7. The molecule has 0 aliphatic heterocycles. The fourth-order valence-electron chi connectivity index (χ4n) is 1.93. The third-order valence-electron chi connectivity index (χ3n) is 3.23. The molecular weight excluding hydrogens is 337 g/mol. The zero-order valence-electron chi connectivity index (χ0n) is 10.9. The van der Waals surface area contributed by atoms with Crippen LogP contribution in [0.25, 0.3) is 0 Å². The Balaban J connectivity index is 1.71. The third-order valence-corrected chi connectivity index (χ3v) is 5.27. The number of hydrogen-bond donors (Lipinski definition) is 1. The van der Waals surface area contributed by atoms with Crippen LogP contribution in [-0.4, -0.2) is 6.04 Å². The summed E-state index contributed by atoms with van der Waals surface area (Å²) in [5.41, 5.74) is 1.25. The Kier molecular flexibility index (Phi) is 4.44. The maximum Gasteiger partial charge on any atom is 0.137 e. The van der Waals surface area contributed by atoms with Gasteiger partial charge in [-0.05, 0) is 58.6 Å². The first kappa shape index (κ1) is 14.1. The molecule has 104 valence electrons. The predicted octanol–water partition coefficient (Wildman–Crippen LogP) is 4.99. The molecule has 0 saturated heterocycles. The van der Waals surface area contributed by atoms with Crippen molar-refractivity contribution in [2.24, 2.45) is 0 Å². The van der Waals surface area contributed by atoms with Crippen molar-refractivity contribution >= 4 is 27.7 Å². The van der Waals surface area contributed by atoms with E-state index < -0.39 is 0 Å². The Morgan fingerprint density at radius 3 is 2.65 bits per heavy atom. The molecule has 2 aromatic rings. The lowest BCUT2D eigenvalue weighted by atomic mass is 10.2. The number of rotatable bonds is 5. The fourth-order valence-corrected chi connectivity index (χ4v) is 3.44. The van der Waals surface area contributed by atoms with Crippen LogP contribution < -0.4 is 5.32 Å². The Morgan fingerprint density at radius 1 is 1.15 bits per heavy atom. The van der Waals surface area contributed by atoms with Gasteiger partial charge in [-0.3, -0.25) is 0 Å². The summed E-state index contributed by atoms with van der Waals surface area (Å²) in [4.78, 5) is 1.68. The van der Waals surface area contributed by atoms with Crippen molar-refractivity contribution in [2.45, 2.75) is 35.2 Å². The average Bonchev–Trinajstić information content (AvgIpc) is 3.26. The Labute approximate surface area is 131 Å². The van der Waals surface area contributed by atoms with Crippen LogP contribution in [0.2, 0.25) is 0 Å². The van der Waals surface area contributed by atoms with Gasteiger partial charge >= 0.3 is 0 Å². The van der Waals surface area contributed by atoms with E-state index in [4.69, 9.17) is 0 Å². The van der Waals surface area contributed by atoms with Crippen LogP contribution in [0.1, 0.15) is 18.4 Å². The number of benzene rings is 2. The molecule has 0 bridgehead atoms. The topological polar surface area (TPSA) is 12.0 Å². The zero-order chi connectivity index (χ0) is 13.9. The van der Waals surface area contributed by atoms with Gasteiger partial charge in [0.1, 0.15) is 5.82 Å². The van der Waals surface area contributed by atoms with Gasteiger partial charge in [0.25, 0.3) is 0 Å². The van der Waals surface area contributed by atoms with Crippen LogP contribution in [-0.2, 0) is 6.54 Å². The van der Waals surface area contributed by atoms with E-state index in [2.05, 4.69) is 33.4 Å². The van der Waals surface area contributed by atoms with E-state index in [0.29, 0.717) is 10.9 Å². The van der Waals surface area contributed by atoms with Crippen molar-refractivity contribution in [3.05, 3.63) is 58.3 Å². The predicted molar refractivity (Wildman–Crippen MR) is 84.5 cm³/mol. The molecule has 0 heterocycles. The summed E-state index contributed by atoms with van der Waals surface area (Å²) < 4.78 is 14.7. The van der Waals surface area contributed by atoms with Gasteiger partial charge in [0.05, 0.1) is 0 Å². The first-order valence-corrected chi connectivity index (χ1v) is 8.27. The molecule has 0 aromatic heterocycles. The second-order valence-corrected chi connectivity index (χ2v) is 6.89. The van der Waals surface area contributed by atoms with Gasteiger partial charge in [-0.2, -0.15) is 0 Å². The molecule has 1 saturated carbocycles. The highest BCUT2D eigenvalue weighted by atomic mass is 79.9. The monoisotopic (exact) mass is 351 g/mol. The molecule has 0 atom stereocenters. The fraction of sp³-hybridized carbons (Fsp3) is 0.250. The summed E-state index contributed by atoms with van der Waals surface area (Å²) in [5.74, 6) is -0.177. The van der Waals surface area contributed by atoms with E-state index in [1.807, 2.05) is 12.1 Å². The molecule has 0 spiro atoms. The average molecular weight is 352 g/mol. The minimum atomic E-state index is -0.177. The SMILES string of the molecule is Fc1ccccc1Sc1ccc(CNC2CC2)cc1Br. The van der Waals surface area contributed by atoms with E-state index in [0.717, 1.165) is 15.9 Å². The second-order valence-electron chi connectivity index (χ2n) is 4.95. The summed E-state index contributed by atoms with van der Waals surface area (Å²) in [5, 5.41) is 3.49. The highest BCUT2D eigenvalue weighted by molar-refractivity contribution is 9.10. The molecule has 2 aromatic carbocycles. The zero-order valence-corrected chi connectivity index (χ0v) is 13.3. The molecule has 1 aliphatic rings. The Bertz CT molecular complexity index is 613. The minimum absolute atomic E-state index is 0.177. The first-order valence-electron chi connectivity index (χ1n) is 6.66. The summed E-state index contributed by atoms with van der Waals surface area (Å²) >= 11 is 5.02. The Hall–Kier alpha value is -0.840. The molecule has 1 N–H and O–H groups in total. The summed E-state index contributed by atoms with van der Waals surface area (Å²) in [6, 6.07) is 13.8. The first-order chi connectivity index (χ1) is 9.72. The molecule has 3 rings (SSSR count). The lowest BCUT2D eigenvalue weighted by Gasteiger charge is -2.08. The van der Waals surface area contributed by atoms with Crippen molar-refractivity contribution in [1.82, 2.24) is 5.32 Å². The van der Waals surface area contributed by atoms with Crippen LogP contribution in [0.3, 0.4) is 0 Å². The molecule has 0 amide bonds. The van der Waals surface area contributed by atoms with Crippen molar-refractivity contribution in [3.8, 4) is 0 Å². The standard InChI is InChI=1S/C16H15BrFNS/c17-13-9-11(10-19-12-6-7-12)5-8-15(13)20-16-4-2-1-3-14(16)18/h1-5,8-9,12,19H,6-7,10H2. The lowest BCUT2D eigenvalue weighted by Crippen LogP contribution is -2.15. The van der Waals surface area contributed by atoms with Crippen molar-refractivity contribution in [2.75, 3.05) is 0 Å². The maximum absolute atomic E-state index is 13.7. The van der Waals surface area contributed by atoms with Crippen LogP contribution >= 0.6 is 27.7 Å². The van der Waals surface area contributed by atoms with Gasteiger partial charge in [0, 0.05) is 26.9 Å². The molecule has 1 aliphatic carbocycles. The quantitative estimate of drug-likeness (QED) is 0.814. The van der Waals surface area contributed by atoms with E-state index in [1.54, 1.807) is 12.1 Å². The number of hydrogen-bond acceptors (Lipinski definition) is 2. The smallest absolute Gasteiger partial charge is 0.137 e. The molecule has 20 heavy (non-hydrogen) atoms. The van der Waals surface area contributed by atoms with Crippen molar-refractivity contribution in [1.29, 1.82) is 0 Å². The molecule has 0 unspecified atom stereocenters. The van der Waals surface area contributed by atoms with Crippen LogP contribution in [0, 0.1) is 5.82 Å². The highest BCUT2D eigenvalue weighted by Crippen LogP contribution is 2.35. The molecule has 0 radical (unpaired) electrons. The normalized spacial score (nSPS) is 14.5. The molecular formula is C16H15BrFNS. The van der Waals surface area contributed by atoms with Crippen LogP contribution in [0.15, 0.2) is 56.7 Å². The number of nitrogens with one attached hydrogen (secondary N) is 1. The minimum Gasteiger partial charge on any atom is -0.310 e. The van der Waals surface area contributed by atoms with Gasteiger partial charge in [0.2, 0.25) is 0 Å². The molecule has 1 fully saturated rings. The molecule has 1 nitrogen and oxygen atoms in total. The van der Waals surface area contributed by atoms with E-state index >= 15 is 0 Å². The lowest BCUT2D eigenvalue weighted by molar-refractivity contribution is 0.602. The third kappa shape index (κ3) is 3.62. The van der Waals surface area contributed by atoms with Gasteiger partial charge in [-0.1, -0.05) is 30.0 Å². The van der Waals surface area contributed by atoms with Crippen molar-refractivity contribution in [3.63, 3.8) is 0 Å². The van der Waals surface area contributed by atoms with Gasteiger partial charge in [0.15, 0.2) is 0 Å². The van der Waals surface area contributed by atoms with Crippen LogP contribution in [0.4, 0.5) is 4.39 Å². The van der Waals surface area contributed by atoms with E-state index in [1.165, 1.54) is 36.2 Å². The summed E-state index contributed by atoms with van der Waals surface area (Å²) in [6.07, 6.45) is 2.59. The van der Waals surface area contributed by atoms with Gasteiger partial charge in [-0.15, -0.1) is 0 Å². The van der Waals surface area contributed by atoms with Gasteiger partial charge in [-0.25, -0.2) is 4.39 Å². The highest BCUT2D eigenvalue weighted by Gasteiger charge is 2.20. The number of halogens is 2. The second kappa shape index (κ2) is 6.29. The summed E-state index contributed by atoms with van der Waals surface area (Å²) in [6.45, 7) is 0.897. The Morgan fingerprint density at radius 2 is 1.95 bits per heavy atom.